The lowest BCUT2D eigenvalue weighted by Gasteiger charge is -2.04. The Labute approximate surface area is 158 Å². The number of allylic oxidation sites excluding steroid dienone is 1. The highest BCUT2D eigenvalue weighted by molar-refractivity contribution is 5.39. The molecule has 146 valence electrons. The Balaban J connectivity index is 0. The molecule has 1 rings (SSSR count). The van der Waals surface area contributed by atoms with Crippen molar-refractivity contribution in [2.75, 3.05) is 6.54 Å². The maximum Gasteiger partial charge on any atom is 0.272 e. The van der Waals surface area contributed by atoms with Crippen LogP contribution >= 0.6 is 0 Å². The largest absolute Gasteiger partial charge is 0.272 e. The maximum absolute atomic E-state index is 10.6. The molecule has 6 heteroatoms. The van der Waals surface area contributed by atoms with Crippen LogP contribution in [-0.2, 0) is 6.42 Å². The zero-order valence-electron chi connectivity index (χ0n) is 17.1. The second kappa shape index (κ2) is 16.2. The third kappa shape index (κ3) is 16.5. The molecule has 0 bridgehead atoms. The fourth-order valence-corrected chi connectivity index (χ4v) is 1.83. The highest BCUT2D eigenvalue weighted by Crippen LogP contribution is 2.20. The van der Waals surface area contributed by atoms with Gasteiger partial charge in [0.2, 0.25) is 0 Å². The van der Waals surface area contributed by atoms with Gasteiger partial charge in [0.25, 0.3) is 5.69 Å². The van der Waals surface area contributed by atoms with Gasteiger partial charge < -0.3 is 0 Å². The van der Waals surface area contributed by atoms with Gasteiger partial charge in [-0.15, -0.1) is 6.58 Å². The van der Waals surface area contributed by atoms with E-state index in [1.54, 1.807) is 12.1 Å². The van der Waals surface area contributed by atoms with Crippen molar-refractivity contribution in [2.24, 2.45) is 22.9 Å². The van der Waals surface area contributed by atoms with Crippen LogP contribution in [0, 0.1) is 27.9 Å². The Morgan fingerprint density at radius 3 is 2.04 bits per heavy atom. The van der Waals surface area contributed by atoms with E-state index < -0.39 is 0 Å². The molecule has 0 aliphatic rings. The van der Waals surface area contributed by atoms with Gasteiger partial charge in [-0.3, -0.25) is 10.1 Å². The van der Waals surface area contributed by atoms with E-state index in [0.29, 0.717) is 18.4 Å². The van der Waals surface area contributed by atoms with Crippen molar-refractivity contribution in [1.29, 1.82) is 0 Å². The van der Waals surface area contributed by atoms with Crippen LogP contribution in [0.5, 0.6) is 0 Å². The summed E-state index contributed by atoms with van der Waals surface area (Å²) in [6.45, 7) is 16.7. The average molecular weight is 363 g/mol. The first-order chi connectivity index (χ1) is 12.1. The molecule has 0 aliphatic carbocycles. The zero-order chi connectivity index (χ0) is 20.5. The summed E-state index contributed by atoms with van der Waals surface area (Å²) in [5.74, 6) is 1.71. The van der Waals surface area contributed by atoms with Crippen LogP contribution < -0.4 is 0 Å². The first kappa shape index (κ1) is 25.9. The van der Waals surface area contributed by atoms with Crippen LogP contribution in [0.1, 0.15) is 53.5 Å². The van der Waals surface area contributed by atoms with Crippen molar-refractivity contribution in [3.8, 4) is 0 Å². The normalized spacial score (nSPS) is 9.58. The first-order valence-electron chi connectivity index (χ1n) is 8.99. The monoisotopic (exact) mass is 362 g/mol. The molecular weight excluding hydrogens is 328 g/mol. The van der Waals surface area contributed by atoms with E-state index in [2.05, 4.69) is 44.3 Å². The molecule has 0 saturated carbocycles. The molecule has 0 radical (unpaired) electrons. The maximum atomic E-state index is 10.6. The Hall–Kier alpha value is -2.33. The van der Waals surface area contributed by atoms with Gasteiger partial charge in [0.15, 0.2) is 0 Å². The van der Waals surface area contributed by atoms with Crippen molar-refractivity contribution < 1.29 is 4.92 Å². The van der Waals surface area contributed by atoms with Crippen LogP contribution in [-0.4, -0.2) is 11.5 Å². The zero-order valence-corrected chi connectivity index (χ0v) is 17.1. The van der Waals surface area contributed by atoms with E-state index in [0.717, 1.165) is 24.3 Å². The van der Waals surface area contributed by atoms with Gasteiger partial charge >= 0.3 is 0 Å². The smallest absolute Gasteiger partial charge is 0.258 e. The lowest BCUT2D eigenvalue weighted by atomic mass is 10.0. The molecule has 26 heavy (non-hydrogen) atoms. The first-order valence-corrected chi connectivity index (χ1v) is 8.99. The number of hydrogen-bond donors (Lipinski definition) is 0. The number of benzene rings is 1. The lowest BCUT2D eigenvalue weighted by molar-refractivity contribution is -0.385. The SMILES string of the molecule is C=CCC(C)C.CC(C)CN=[N+]=[N-].CC(C)Cc1ccccc1[N+](=O)[O-]. The standard InChI is InChI=1S/C10H13NO2.C6H12.C4H9N3/c1-8(2)7-9-5-3-4-6-10(9)11(12)13;1-4-5-6(2)3;1-4(2)3-6-7-5/h3-6,8H,7H2,1-2H3;4,6H,1,5H2,2-3H3;4H,3H2,1-2H3. The predicted molar refractivity (Wildman–Crippen MR) is 110 cm³/mol. The molecule has 0 aromatic heterocycles. The molecule has 0 spiro atoms. The Kier molecular flexibility index (Phi) is 16.1. The van der Waals surface area contributed by atoms with E-state index in [4.69, 9.17) is 5.53 Å². The molecule has 1 aromatic carbocycles. The van der Waals surface area contributed by atoms with Crippen molar-refractivity contribution in [3.05, 3.63) is 63.0 Å². The molecule has 0 unspecified atom stereocenters. The fourth-order valence-electron chi connectivity index (χ4n) is 1.83. The van der Waals surface area contributed by atoms with E-state index in [1.165, 1.54) is 0 Å². The van der Waals surface area contributed by atoms with E-state index in [1.807, 2.05) is 32.1 Å². The van der Waals surface area contributed by atoms with Crippen molar-refractivity contribution in [1.82, 2.24) is 0 Å². The number of nitro groups is 1. The van der Waals surface area contributed by atoms with E-state index in [9.17, 15) is 10.1 Å². The van der Waals surface area contributed by atoms with Gasteiger partial charge in [0.1, 0.15) is 0 Å². The molecule has 0 amide bonds. The highest BCUT2D eigenvalue weighted by atomic mass is 16.6. The minimum Gasteiger partial charge on any atom is -0.258 e. The van der Waals surface area contributed by atoms with Crippen molar-refractivity contribution >= 4 is 5.69 Å². The molecule has 0 heterocycles. The Morgan fingerprint density at radius 1 is 1.15 bits per heavy atom. The summed E-state index contributed by atoms with van der Waals surface area (Å²) in [6.07, 6.45) is 3.85. The van der Waals surface area contributed by atoms with E-state index >= 15 is 0 Å². The minimum absolute atomic E-state index is 0.233. The molecule has 0 aliphatic heterocycles. The van der Waals surface area contributed by atoms with Gasteiger partial charge in [0.05, 0.1) is 4.92 Å². The lowest BCUT2D eigenvalue weighted by Crippen LogP contribution is -1.99. The molecule has 0 N–H and O–H groups in total. The van der Waals surface area contributed by atoms with Crippen molar-refractivity contribution in [3.63, 3.8) is 0 Å². The Morgan fingerprint density at radius 2 is 1.73 bits per heavy atom. The number of nitro benzene ring substituents is 1. The molecule has 0 fully saturated rings. The molecule has 0 atom stereocenters. The van der Waals surface area contributed by atoms with Crippen LogP contribution in [0.3, 0.4) is 0 Å². The van der Waals surface area contributed by atoms with Gasteiger partial charge in [-0.1, -0.05) is 70.9 Å². The van der Waals surface area contributed by atoms with E-state index in [-0.39, 0.29) is 10.6 Å². The fraction of sp³-hybridized carbons (Fsp3) is 0.600. The topological polar surface area (TPSA) is 91.9 Å². The summed E-state index contributed by atoms with van der Waals surface area (Å²) in [5.41, 5.74) is 8.83. The number of rotatable bonds is 7. The summed E-state index contributed by atoms with van der Waals surface area (Å²) in [4.78, 5) is 12.9. The molecule has 6 nitrogen and oxygen atoms in total. The van der Waals surface area contributed by atoms with Gasteiger partial charge in [-0.2, -0.15) is 0 Å². The van der Waals surface area contributed by atoms with Gasteiger partial charge in [-0.05, 0) is 36.1 Å². The highest BCUT2D eigenvalue weighted by Gasteiger charge is 2.12. The third-order valence-corrected chi connectivity index (χ3v) is 2.96. The molecule has 0 saturated heterocycles. The van der Waals surface area contributed by atoms with Crippen LogP contribution in [0.2, 0.25) is 0 Å². The number of hydrogen-bond acceptors (Lipinski definition) is 3. The van der Waals surface area contributed by atoms with Crippen LogP contribution in [0.15, 0.2) is 42.0 Å². The second-order valence-electron chi connectivity index (χ2n) is 7.21. The van der Waals surface area contributed by atoms with Gasteiger partial charge in [-0.25, -0.2) is 0 Å². The molecular formula is C20H34N4O2. The molecule has 1 aromatic rings. The second-order valence-corrected chi connectivity index (χ2v) is 7.21. The van der Waals surface area contributed by atoms with Crippen LogP contribution in [0.4, 0.5) is 5.69 Å². The average Bonchev–Trinajstić information content (AvgIpc) is 2.53. The van der Waals surface area contributed by atoms with Crippen LogP contribution in [0.25, 0.3) is 10.4 Å². The minimum atomic E-state index is -0.322. The Bertz CT molecular complexity index is 563. The predicted octanol–water partition coefficient (Wildman–Crippen LogP) is 6.96. The summed E-state index contributed by atoms with van der Waals surface area (Å²) in [5, 5.41) is 14.0. The summed E-state index contributed by atoms with van der Waals surface area (Å²) < 4.78 is 0. The number of para-hydroxylation sites is 1. The van der Waals surface area contributed by atoms with Crippen molar-refractivity contribution in [2.45, 2.75) is 54.4 Å². The summed E-state index contributed by atoms with van der Waals surface area (Å²) >= 11 is 0. The summed E-state index contributed by atoms with van der Waals surface area (Å²) in [7, 11) is 0. The number of azide groups is 1. The third-order valence-electron chi connectivity index (χ3n) is 2.96. The number of nitrogens with zero attached hydrogens (tertiary/aromatic N) is 4. The quantitative estimate of drug-likeness (QED) is 0.131. The summed E-state index contributed by atoms with van der Waals surface area (Å²) in [6, 6.07) is 6.91. The van der Waals surface area contributed by atoms with Gasteiger partial charge in [0, 0.05) is 23.1 Å².